The van der Waals surface area contributed by atoms with Crippen LogP contribution in [0.4, 0.5) is 0 Å². The average molecular weight is 189 g/mol. The Bertz CT molecular complexity index is 487. The number of benzene rings is 1. The first-order valence-corrected chi connectivity index (χ1v) is 4.22. The summed E-state index contributed by atoms with van der Waals surface area (Å²) in [6, 6.07) is 5.63. The highest BCUT2D eigenvalue weighted by atomic mass is 16.5. The highest BCUT2D eigenvalue weighted by Gasteiger charge is 2.06. The number of rotatable bonds is 2. The van der Waals surface area contributed by atoms with Gasteiger partial charge in [0.25, 0.3) is 0 Å². The molecule has 0 aliphatic carbocycles. The summed E-state index contributed by atoms with van der Waals surface area (Å²) in [5.74, 6) is 0.823. The van der Waals surface area contributed by atoms with Crippen molar-refractivity contribution in [2.75, 3.05) is 7.11 Å². The van der Waals surface area contributed by atoms with Crippen molar-refractivity contribution in [3.63, 3.8) is 0 Å². The Morgan fingerprint density at radius 3 is 2.93 bits per heavy atom. The number of aromatic nitrogens is 1. The lowest BCUT2D eigenvalue weighted by Crippen LogP contribution is -2.09. The number of methoxy groups -OCH3 is 1. The molecule has 0 saturated carbocycles. The first-order valence-electron chi connectivity index (χ1n) is 4.22. The molecule has 14 heavy (non-hydrogen) atoms. The molecule has 4 heteroatoms. The van der Waals surface area contributed by atoms with Gasteiger partial charge in [-0.1, -0.05) is 0 Å². The Morgan fingerprint density at radius 1 is 1.50 bits per heavy atom. The van der Waals surface area contributed by atoms with Gasteiger partial charge in [-0.3, -0.25) is 5.41 Å². The fourth-order valence-electron chi connectivity index (χ4n) is 1.45. The third kappa shape index (κ3) is 1.21. The molecule has 0 bridgehead atoms. The van der Waals surface area contributed by atoms with Gasteiger partial charge >= 0.3 is 0 Å². The van der Waals surface area contributed by atoms with Gasteiger partial charge in [0.05, 0.1) is 7.11 Å². The number of hydrogen-bond donors (Lipinski definition) is 3. The van der Waals surface area contributed by atoms with Crippen LogP contribution in [0.3, 0.4) is 0 Å². The molecule has 0 spiro atoms. The first-order chi connectivity index (χ1) is 6.72. The molecule has 1 heterocycles. The lowest BCUT2D eigenvalue weighted by atomic mass is 10.1. The van der Waals surface area contributed by atoms with Gasteiger partial charge in [0.2, 0.25) is 0 Å². The van der Waals surface area contributed by atoms with Crippen LogP contribution in [0.1, 0.15) is 5.56 Å². The Morgan fingerprint density at radius 2 is 2.29 bits per heavy atom. The molecule has 4 N–H and O–H groups in total. The Balaban J connectivity index is 2.69. The zero-order chi connectivity index (χ0) is 10.1. The molecule has 0 aliphatic rings. The maximum atomic E-state index is 7.38. The van der Waals surface area contributed by atoms with E-state index >= 15 is 0 Å². The topological polar surface area (TPSA) is 74.9 Å². The second-order valence-electron chi connectivity index (χ2n) is 3.03. The van der Waals surface area contributed by atoms with E-state index in [1.54, 1.807) is 13.3 Å². The third-order valence-electron chi connectivity index (χ3n) is 2.18. The van der Waals surface area contributed by atoms with E-state index in [0.29, 0.717) is 5.56 Å². The number of fused-ring (bicyclic) bond motifs is 1. The maximum Gasteiger partial charge on any atom is 0.124 e. The predicted octanol–water partition coefficient (Wildman–Crippen LogP) is 1.46. The SMILES string of the molecule is COc1ccc2[nH]cc(C(=N)N)c2c1. The normalized spacial score (nSPS) is 10.4. The minimum Gasteiger partial charge on any atom is -0.497 e. The molecule has 0 aliphatic heterocycles. The molecule has 2 rings (SSSR count). The molecule has 2 aromatic rings. The third-order valence-corrected chi connectivity index (χ3v) is 2.18. The summed E-state index contributed by atoms with van der Waals surface area (Å²) in [4.78, 5) is 3.04. The summed E-state index contributed by atoms with van der Waals surface area (Å²) in [7, 11) is 1.61. The highest BCUT2D eigenvalue weighted by molar-refractivity contribution is 6.07. The second kappa shape index (κ2) is 3.06. The lowest BCUT2D eigenvalue weighted by molar-refractivity contribution is 0.415. The van der Waals surface area contributed by atoms with Gasteiger partial charge in [0.15, 0.2) is 0 Å². The fraction of sp³-hybridized carbons (Fsp3) is 0.100. The van der Waals surface area contributed by atoms with Crippen LogP contribution in [0, 0.1) is 5.41 Å². The van der Waals surface area contributed by atoms with Gasteiger partial charge in [-0.15, -0.1) is 0 Å². The predicted molar refractivity (Wildman–Crippen MR) is 55.9 cm³/mol. The Hall–Kier alpha value is -1.97. The van der Waals surface area contributed by atoms with Crippen LogP contribution in [-0.4, -0.2) is 17.9 Å². The van der Waals surface area contributed by atoms with E-state index in [0.717, 1.165) is 16.7 Å². The lowest BCUT2D eigenvalue weighted by Gasteiger charge is -2.00. The van der Waals surface area contributed by atoms with E-state index in [9.17, 15) is 0 Å². The molecule has 1 aromatic heterocycles. The van der Waals surface area contributed by atoms with Crippen LogP contribution in [0.2, 0.25) is 0 Å². The number of H-pyrrole nitrogens is 1. The van der Waals surface area contributed by atoms with E-state index in [-0.39, 0.29) is 5.84 Å². The van der Waals surface area contributed by atoms with Crippen molar-refractivity contribution in [1.82, 2.24) is 4.98 Å². The maximum absolute atomic E-state index is 7.38. The smallest absolute Gasteiger partial charge is 0.124 e. The fourth-order valence-corrected chi connectivity index (χ4v) is 1.45. The molecule has 0 atom stereocenters. The van der Waals surface area contributed by atoms with Gasteiger partial charge in [0, 0.05) is 22.7 Å². The summed E-state index contributed by atoms with van der Waals surface area (Å²) >= 11 is 0. The molecule has 0 unspecified atom stereocenters. The van der Waals surface area contributed by atoms with Crippen molar-refractivity contribution in [2.45, 2.75) is 0 Å². The van der Waals surface area contributed by atoms with Crippen LogP contribution in [-0.2, 0) is 0 Å². The van der Waals surface area contributed by atoms with Crippen molar-refractivity contribution in [3.05, 3.63) is 30.0 Å². The zero-order valence-corrected chi connectivity index (χ0v) is 7.79. The Kier molecular flexibility index (Phi) is 1.89. The molecule has 0 saturated heterocycles. The van der Waals surface area contributed by atoms with E-state index in [4.69, 9.17) is 15.9 Å². The Labute approximate surface area is 81.2 Å². The second-order valence-corrected chi connectivity index (χ2v) is 3.03. The highest BCUT2D eigenvalue weighted by Crippen LogP contribution is 2.22. The van der Waals surface area contributed by atoms with Gasteiger partial charge in [-0.2, -0.15) is 0 Å². The number of amidine groups is 1. The zero-order valence-electron chi connectivity index (χ0n) is 7.79. The van der Waals surface area contributed by atoms with Gasteiger partial charge < -0.3 is 15.5 Å². The number of hydrogen-bond acceptors (Lipinski definition) is 2. The quantitative estimate of drug-likeness (QED) is 0.494. The van der Waals surface area contributed by atoms with E-state index in [1.807, 2.05) is 18.2 Å². The van der Waals surface area contributed by atoms with Crippen LogP contribution in [0.5, 0.6) is 5.75 Å². The molecule has 0 fully saturated rings. The van der Waals surface area contributed by atoms with E-state index in [1.165, 1.54) is 0 Å². The molecule has 0 amide bonds. The average Bonchev–Trinajstić information content (AvgIpc) is 2.59. The van der Waals surface area contributed by atoms with Crippen LogP contribution < -0.4 is 10.5 Å². The summed E-state index contributed by atoms with van der Waals surface area (Å²) in [5, 5.41) is 8.29. The summed E-state index contributed by atoms with van der Waals surface area (Å²) < 4.78 is 5.10. The standard InChI is InChI=1S/C10H11N3O/c1-14-6-2-3-9-7(4-6)8(5-13-9)10(11)12/h2-5,13H,1H3,(H3,11,12). The largest absolute Gasteiger partial charge is 0.497 e. The van der Waals surface area contributed by atoms with Crippen molar-refractivity contribution in [1.29, 1.82) is 5.41 Å². The molecule has 0 radical (unpaired) electrons. The summed E-state index contributed by atoms with van der Waals surface area (Å²) in [6.45, 7) is 0. The number of nitrogen functional groups attached to an aromatic ring is 1. The molecule has 72 valence electrons. The van der Waals surface area contributed by atoms with Gasteiger partial charge in [-0.25, -0.2) is 0 Å². The van der Waals surface area contributed by atoms with Gasteiger partial charge in [-0.05, 0) is 18.2 Å². The summed E-state index contributed by atoms with van der Waals surface area (Å²) in [6.07, 6.45) is 1.73. The molecule has 1 aromatic carbocycles. The number of nitrogens with one attached hydrogen (secondary N) is 2. The molecular formula is C10H11N3O. The van der Waals surface area contributed by atoms with Crippen LogP contribution in [0.25, 0.3) is 10.9 Å². The molecular weight excluding hydrogens is 178 g/mol. The minimum absolute atomic E-state index is 0.0597. The van der Waals surface area contributed by atoms with Gasteiger partial charge in [0.1, 0.15) is 11.6 Å². The van der Waals surface area contributed by atoms with Crippen molar-refractivity contribution < 1.29 is 4.74 Å². The first kappa shape index (κ1) is 8.62. The van der Waals surface area contributed by atoms with Crippen molar-refractivity contribution >= 4 is 16.7 Å². The van der Waals surface area contributed by atoms with Crippen molar-refractivity contribution in [2.24, 2.45) is 5.73 Å². The monoisotopic (exact) mass is 189 g/mol. The number of aromatic amines is 1. The van der Waals surface area contributed by atoms with E-state index in [2.05, 4.69) is 4.98 Å². The number of ether oxygens (including phenoxy) is 1. The van der Waals surface area contributed by atoms with Crippen LogP contribution >= 0.6 is 0 Å². The minimum atomic E-state index is 0.0597. The van der Waals surface area contributed by atoms with Crippen molar-refractivity contribution in [3.8, 4) is 5.75 Å². The van der Waals surface area contributed by atoms with Crippen LogP contribution in [0.15, 0.2) is 24.4 Å². The summed E-state index contributed by atoms with van der Waals surface area (Å²) in [5.41, 5.74) is 7.10. The number of nitrogens with two attached hydrogens (primary N) is 1. The molecule has 4 nitrogen and oxygen atoms in total. The van der Waals surface area contributed by atoms with E-state index < -0.39 is 0 Å².